The van der Waals surface area contributed by atoms with E-state index in [2.05, 4.69) is 18.2 Å². The van der Waals surface area contributed by atoms with Crippen LogP contribution in [0.4, 0.5) is 5.69 Å². The van der Waals surface area contributed by atoms with Crippen LogP contribution >= 0.6 is 11.6 Å². The van der Waals surface area contributed by atoms with Crippen LogP contribution in [0.25, 0.3) is 5.57 Å². The zero-order valence-corrected chi connectivity index (χ0v) is 15.7. The van der Waals surface area contributed by atoms with Gasteiger partial charge in [-0.1, -0.05) is 60.1 Å². The first-order valence-electron chi connectivity index (χ1n) is 9.21. The summed E-state index contributed by atoms with van der Waals surface area (Å²) >= 11 is 6.22. The predicted molar refractivity (Wildman–Crippen MR) is 108 cm³/mol. The van der Waals surface area contributed by atoms with Gasteiger partial charge in [-0.3, -0.25) is 9.59 Å². The number of halogens is 1. The maximum absolute atomic E-state index is 12.9. The van der Waals surface area contributed by atoms with Crippen LogP contribution in [0.1, 0.15) is 18.4 Å². The number of rotatable bonds is 3. The molecule has 0 spiro atoms. The van der Waals surface area contributed by atoms with E-state index < -0.39 is 0 Å². The van der Waals surface area contributed by atoms with E-state index in [1.807, 2.05) is 41.3 Å². The van der Waals surface area contributed by atoms with Crippen molar-refractivity contribution in [3.8, 4) is 0 Å². The average molecular weight is 381 g/mol. The van der Waals surface area contributed by atoms with E-state index in [1.165, 1.54) is 11.1 Å². The van der Waals surface area contributed by atoms with Crippen LogP contribution in [0.3, 0.4) is 0 Å². The molecule has 2 amide bonds. The quantitative estimate of drug-likeness (QED) is 0.807. The predicted octanol–water partition coefficient (Wildman–Crippen LogP) is 4.01. The number of benzene rings is 2. The zero-order valence-electron chi connectivity index (χ0n) is 15.0. The van der Waals surface area contributed by atoms with E-state index in [0.29, 0.717) is 30.3 Å². The molecule has 1 fully saturated rings. The molecule has 2 aliphatic rings. The van der Waals surface area contributed by atoms with Crippen molar-refractivity contribution in [1.29, 1.82) is 0 Å². The van der Waals surface area contributed by atoms with Gasteiger partial charge in [-0.05, 0) is 29.7 Å². The average Bonchev–Trinajstić information content (AvgIpc) is 3.10. The first-order chi connectivity index (χ1) is 13.1. The van der Waals surface area contributed by atoms with Gasteiger partial charge in [0.25, 0.3) is 0 Å². The molecule has 5 heteroatoms. The summed E-state index contributed by atoms with van der Waals surface area (Å²) in [5, 5.41) is 0.535. The van der Waals surface area contributed by atoms with Crippen LogP contribution in [0.15, 0.2) is 60.7 Å². The van der Waals surface area contributed by atoms with Gasteiger partial charge in [-0.25, -0.2) is 0 Å². The Kier molecular flexibility index (Phi) is 4.99. The fraction of sp³-hybridized carbons (Fsp3) is 0.273. The van der Waals surface area contributed by atoms with Gasteiger partial charge in [0.2, 0.25) is 11.8 Å². The normalized spacial score (nSPS) is 20.0. The summed E-state index contributed by atoms with van der Waals surface area (Å²) in [5.74, 6) is -0.291. The van der Waals surface area contributed by atoms with Gasteiger partial charge in [0, 0.05) is 26.1 Å². The van der Waals surface area contributed by atoms with Crippen molar-refractivity contribution in [2.75, 3.05) is 24.5 Å². The Morgan fingerprint density at radius 1 is 1.04 bits per heavy atom. The summed E-state index contributed by atoms with van der Waals surface area (Å²) in [6, 6.07) is 17.5. The van der Waals surface area contributed by atoms with Gasteiger partial charge < -0.3 is 9.80 Å². The maximum Gasteiger partial charge on any atom is 0.228 e. The van der Waals surface area contributed by atoms with Crippen molar-refractivity contribution >= 4 is 34.7 Å². The molecule has 1 unspecified atom stereocenters. The number of hydrogen-bond acceptors (Lipinski definition) is 2. The van der Waals surface area contributed by atoms with Gasteiger partial charge in [0.05, 0.1) is 16.6 Å². The monoisotopic (exact) mass is 380 g/mol. The van der Waals surface area contributed by atoms with Crippen molar-refractivity contribution in [3.63, 3.8) is 0 Å². The Bertz CT molecular complexity index is 894. The molecule has 0 aliphatic carbocycles. The van der Waals surface area contributed by atoms with Gasteiger partial charge in [-0.2, -0.15) is 0 Å². The lowest BCUT2D eigenvalue weighted by atomic mass is 9.98. The number of nitrogens with zero attached hydrogens (tertiary/aromatic N) is 2. The molecule has 0 bridgehead atoms. The molecule has 4 nitrogen and oxygen atoms in total. The van der Waals surface area contributed by atoms with Gasteiger partial charge in [0.1, 0.15) is 0 Å². The number of carbonyl (C=O) groups excluding carboxylic acids is 2. The number of carbonyl (C=O) groups is 2. The molecular formula is C22H21ClN2O2. The van der Waals surface area contributed by atoms with Gasteiger partial charge in [0.15, 0.2) is 0 Å². The Balaban J connectivity index is 1.43. The number of hydrogen-bond donors (Lipinski definition) is 0. The second-order valence-corrected chi connectivity index (χ2v) is 7.39. The number of para-hydroxylation sites is 1. The first-order valence-corrected chi connectivity index (χ1v) is 9.59. The van der Waals surface area contributed by atoms with Gasteiger partial charge >= 0.3 is 0 Å². The van der Waals surface area contributed by atoms with Crippen molar-refractivity contribution in [1.82, 2.24) is 4.90 Å². The highest BCUT2D eigenvalue weighted by molar-refractivity contribution is 6.33. The third kappa shape index (κ3) is 3.62. The summed E-state index contributed by atoms with van der Waals surface area (Å²) in [6.45, 7) is 1.68. The lowest BCUT2D eigenvalue weighted by molar-refractivity contribution is -0.135. The number of amides is 2. The summed E-state index contributed by atoms with van der Waals surface area (Å²) in [4.78, 5) is 28.9. The molecule has 1 atom stereocenters. The van der Waals surface area contributed by atoms with Crippen LogP contribution in [-0.4, -0.2) is 36.3 Å². The Labute approximate surface area is 164 Å². The molecule has 2 aromatic carbocycles. The first kappa shape index (κ1) is 17.8. The summed E-state index contributed by atoms with van der Waals surface area (Å²) in [7, 11) is 0. The van der Waals surface area contributed by atoms with E-state index in [4.69, 9.17) is 11.6 Å². The molecule has 0 aromatic heterocycles. The van der Waals surface area contributed by atoms with Crippen molar-refractivity contribution in [3.05, 3.63) is 71.3 Å². The minimum atomic E-state index is -0.305. The molecule has 4 rings (SSSR count). The smallest absolute Gasteiger partial charge is 0.228 e. The molecule has 0 saturated carbocycles. The van der Waals surface area contributed by atoms with Crippen molar-refractivity contribution in [2.24, 2.45) is 5.92 Å². The van der Waals surface area contributed by atoms with Crippen LogP contribution in [0.2, 0.25) is 5.02 Å². The van der Waals surface area contributed by atoms with Crippen molar-refractivity contribution < 1.29 is 9.59 Å². The third-order valence-corrected chi connectivity index (χ3v) is 5.60. The molecule has 2 heterocycles. The molecule has 2 aromatic rings. The molecule has 0 N–H and O–H groups in total. The SMILES string of the molecule is O=C(C1CC(=O)N(c2ccccc2Cl)C1)N1CC=C(c2ccccc2)CC1. The fourth-order valence-corrected chi connectivity index (χ4v) is 4.06. The third-order valence-electron chi connectivity index (χ3n) is 5.28. The van der Waals surface area contributed by atoms with Gasteiger partial charge in [-0.15, -0.1) is 0 Å². The van der Waals surface area contributed by atoms with E-state index in [0.717, 1.165) is 6.42 Å². The Morgan fingerprint density at radius 2 is 1.78 bits per heavy atom. The highest BCUT2D eigenvalue weighted by Gasteiger charge is 2.38. The Hall–Kier alpha value is -2.59. The maximum atomic E-state index is 12.9. The van der Waals surface area contributed by atoms with Crippen LogP contribution in [0.5, 0.6) is 0 Å². The molecule has 2 aliphatic heterocycles. The number of anilines is 1. The second kappa shape index (κ2) is 7.57. The molecule has 27 heavy (non-hydrogen) atoms. The molecular weight excluding hydrogens is 360 g/mol. The molecule has 1 saturated heterocycles. The fourth-order valence-electron chi connectivity index (χ4n) is 3.82. The topological polar surface area (TPSA) is 40.6 Å². The molecule has 138 valence electrons. The van der Waals surface area contributed by atoms with E-state index >= 15 is 0 Å². The summed E-state index contributed by atoms with van der Waals surface area (Å²) in [5.41, 5.74) is 3.18. The molecule has 0 radical (unpaired) electrons. The van der Waals surface area contributed by atoms with E-state index in [-0.39, 0.29) is 24.2 Å². The Morgan fingerprint density at radius 3 is 2.48 bits per heavy atom. The highest BCUT2D eigenvalue weighted by atomic mass is 35.5. The van der Waals surface area contributed by atoms with E-state index in [9.17, 15) is 9.59 Å². The van der Waals surface area contributed by atoms with Crippen LogP contribution < -0.4 is 4.90 Å². The summed E-state index contributed by atoms with van der Waals surface area (Å²) in [6.07, 6.45) is 3.21. The minimum Gasteiger partial charge on any atom is -0.338 e. The lowest BCUT2D eigenvalue weighted by Gasteiger charge is -2.29. The minimum absolute atomic E-state index is 0.0426. The highest BCUT2D eigenvalue weighted by Crippen LogP contribution is 2.32. The van der Waals surface area contributed by atoms with Crippen LogP contribution in [-0.2, 0) is 9.59 Å². The van der Waals surface area contributed by atoms with Crippen LogP contribution in [0, 0.1) is 5.92 Å². The second-order valence-electron chi connectivity index (χ2n) is 6.99. The van der Waals surface area contributed by atoms with E-state index in [1.54, 1.807) is 11.0 Å². The largest absolute Gasteiger partial charge is 0.338 e. The van der Waals surface area contributed by atoms with Crippen molar-refractivity contribution in [2.45, 2.75) is 12.8 Å². The standard InChI is InChI=1S/C22H21ClN2O2/c23-19-8-4-5-9-20(19)25-15-18(14-21(25)26)22(27)24-12-10-17(11-13-24)16-6-2-1-3-7-16/h1-10,18H,11-15H2. The zero-order chi connectivity index (χ0) is 18.8. The lowest BCUT2D eigenvalue weighted by Crippen LogP contribution is -2.39. The summed E-state index contributed by atoms with van der Waals surface area (Å²) < 4.78 is 0.